The second kappa shape index (κ2) is 4.63. The third kappa shape index (κ3) is 2.12. The Morgan fingerprint density at radius 2 is 1.74 bits per heavy atom. The molecule has 2 saturated carbocycles. The Morgan fingerprint density at radius 1 is 1.00 bits per heavy atom. The summed E-state index contributed by atoms with van der Waals surface area (Å²) in [6.07, 6.45) is 5.62. The first kappa shape index (κ1) is 12.0. The van der Waals surface area contributed by atoms with E-state index in [4.69, 9.17) is 0 Å². The normalized spacial score (nSPS) is 30.3. The van der Waals surface area contributed by atoms with E-state index >= 15 is 0 Å². The van der Waals surface area contributed by atoms with Crippen LogP contribution in [0.15, 0.2) is 42.5 Å². The molecule has 0 N–H and O–H groups in total. The predicted octanol–water partition coefficient (Wildman–Crippen LogP) is 5.19. The number of halogens is 1. The van der Waals surface area contributed by atoms with Gasteiger partial charge in [-0.2, -0.15) is 0 Å². The van der Waals surface area contributed by atoms with Crippen LogP contribution in [0.25, 0.3) is 10.8 Å². The second-order valence-corrected chi connectivity index (χ2v) is 7.41. The van der Waals surface area contributed by atoms with Crippen LogP contribution in [0.3, 0.4) is 0 Å². The van der Waals surface area contributed by atoms with Crippen LogP contribution in [0.2, 0.25) is 0 Å². The molecular formula is C18H19Br. The monoisotopic (exact) mass is 314 g/mol. The Balaban J connectivity index is 1.51. The highest BCUT2D eigenvalue weighted by molar-refractivity contribution is 9.09. The summed E-state index contributed by atoms with van der Waals surface area (Å²) in [6.45, 7) is 0. The van der Waals surface area contributed by atoms with Crippen molar-refractivity contribution >= 4 is 26.7 Å². The van der Waals surface area contributed by atoms with Gasteiger partial charge in [-0.25, -0.2) is 0 Å². The van der Waals surface area contributed by atoms with Crippen LogP contribution in [-0.4, -0.2) is 4.83 Å². The van der Waals surface area contributed by atoms with Gasteiger partial charge in [-0.3, -0.25) is 0 Å². The fourth-order valence-corrected chi connectivity index (χ4v) is 5.30. The SMILES string of the molecule is BrC(Cc1ccc2ccccc2c1)C1C2CCCC21. The molecule has 1 heteroatoms. The number of fused-ring (bicyclic) bond motifs is 2. The Bertz CT molecular complexity index is 593. The van der Waals surface area contributed by atoms with E-state index < -0.39 is 0 Å². The minimum absolute atomic E-state index is 0.684. The molecule has 98 valence electrons. The number of hydrogen-bond donors (Lipinski definition) is 0. The molecule has 0 heterocycles. The molecule has 0 nitrogen and oxygen atoms in total. The lowest BCUT2D eigenvalue weighted by Crippen LogP contribution is -2.09. The highest BCUT2D eigenvalue weighted by Crippen LogP contribution is 2.60. The topological polar surface area (TPSA) is 0 Å². The largest absolute Gasteiger partial charge is 0.0884 e. The quantitative estimate of drug-likeness (QED) is 0.684. The summed E-state index contributed by atoms with van der Waals surface area (Å²) in [5.74, 6) is 3.05. The minimum atomic E-state index is 0.684. The summed E-state index contributed by atoms with van der Waals surface area (Å²) in [5, 5.41) is 2.72. The molecule has 0 saturated heterocycles. The smallest absolute Gasteiger partial charge is 0.0219 e. The van der Waals surface area contributed by atoms with Gasteiger partial charge in [0, 0.05) is 4.83 Å². The maximum absolute atomic E-state index is 3.96. The van der Waals surface area contributed by atoms with Crippen LogP contribution >= 0.6 is 15.9 Å². The van der Waals surface area contributed by atoms with Crippen LogP contribution in [0.1, 0.15) is 24.8 Å². The minimum Gasteiger partial charge on any atom is -0.0884 e. The molecular weight excluding hydrogens is 296 g/mol. The molecule has 0 radical (unpaired) electrons. The summed E-state index contributed by atoms with van der Waals surface area (Å²) in [4.78, 5) is 0.684. The summed E-state index contributed by atoms with van der Waals surface area (Å²) in [7, 11) is 0. The van der Waals surface area contributed by atoms with Gasteiger partial charge in [0.2, 0.25) is 0 Å². The highest BCUT2D eigenvalue weighted by Gasteiger charge is 2.54. The Hall–Kier alpha value is -0.820. The zero-order chi connectivity index (χ0) is 12.8. The predicted molar refractivity (Wildman–Crippen MR) is 84.7 cm³/mol. The average molecular weight is 315 g/mol. The number of alkyl halides is 1. The lowest BCUT2D eigenvalue weighted by atomic mass is 10.00. The zero-order valence-corrected chi connectivity index (χ0v) is 12.6. The molecule has 0 aromatic heterocycles. The first-order valence-electron chi connectivity index (χ1n) is 7.45. The van der Waals surface area contributed by atoms with Crippen LogP contribution < -0.4 is 0 Å². The number of benzene rings is 2. The summed E-state index contributed by atoms with van der Waals surface area (Å²) >= 11 is 3.96. The lowest BCUT2D eigenvalue weighted by molar-refractivity contribution is 0.569. The molecule has 0 spiro atoms. The van der Waals surface area contributed by atoms with Crippen molar-refractivity contribution < 1.29 is 0 Å². The van der Waals surface area contributed by atoms with Gasteiger partial charge in [0.1, 0.15) is 0 Å². The third-order valence-corrected chi connectivity index (χ3v) is 6.07. The van der Waals surface area contributed by atoms with Gasteiger partial charge in [-0.05, 0) is 53.4 Å². The Morgan fingerprint density at radius 3 is 2.53 bits per heavy atom. The van der Waals surface area contributed by atoms with Gasteiger partial charge in [0.05, 0.1) is 0 Å². The molecule has 2 aliphatic carbocycles. The first-order chi connectivity index (χ1) is 9.33. The average Bonchev–Trinajstić information content (AvgIpc) is 2.93. The van der Waals surface area contributed by atoms with Crippen molar-refractivity contribution in [3.8, 4) is 0 Å². The van der Waals surface area contributed by atoms with Gasteiger partial charge in [0.25, 0.3) is 0 Å². The van der Waals surface area contributed by atoms with Gasteiger partial charge in [-0.1, -0.05) is 64.8 Å². The fourth-order valence-electron chi connectivity index (χ4n) is 4.14. The van der Waals surface area contributed by atoms with Gasteiger partial charge < -0.3 is 0 Å². The van der Waals surface area contributed by atoms with Gasteiger partial charge in [-0.15, -0.1) is 0 Å². The first-order valence-corrected chi connectivity index (χ1v) is 8.36. The van der Waals surface area contributed by atoms with Crippen molar-refractivity contribution in [2.45, 2.75) is 30.5 Å². The Labute approximate surface area is 123 Å². The van der Waals surface area contributed by atoms with E-state index in [9.17, 15) is 0 Å². The molecule has 19 heavy (non-hydrogen) atoms. The Kier molecular flexibility index (Phi) is 2.91. The van der Waals surface area contributed by atoms with Crippen LogP contribution in [0.5, 0.6) is 0 Å². The van der Waals surface area contributed by atoms with E-state index in [1.807, 2.05) is 0 Å². The molecule has 0 bridgehead atoms. The van der Waals surface area contributed by atoms with Crippen LogP contribution in [0, 0.1) is 17.8 Å². The van der Waals surface area contributed by atoms with Crippen molar-refractivity contribution in [3.05, 3.63) is 48.0 Å². The fraction of sp³-hybridized carbons (Fsp3) is 0.444. The van der Waals surface area contributed by atoms with E-state index in [-0.39, 0.29) is 0 Å². The molecule has 2 aliphatic rings. The van der Waals surface area contributed by atoms with Crippen molar-refractivity contribution in [3.63, 3.8) is 0 Å². The number of hydrogen-bond acceptors (Lipinski definition) is 0. The van der Waals surface area contributed by atoms with Crippen molar-refractivity contribution in [1.82, 2.24) is 0 Å². The molecule has 2 aromatic rings. The lowest BCUT2D eigenvalue weighted by Gasteiger charge is -2.12. The van der Waals surface area contributed by atoms with E-state index in [1.165, 1.54) is 42.0 Å². The van der Waals surface area contributed by atoms with Crippen LogP contribution in [0.4, 0.5) is 0 Å². The molecule has 2 fully saturated rings. The van der Waals surface area contributed by atoms with E-state index in [0.717, 1.165) is 17.8 Å². The van der Waals surface area contributed by atoms with Crippen molar-refractivity contribution in [2.24, 2.45) is 17.8 Å². The standard InChI is InChI=1S/C18H19Br/c19-17(18-15-6-3-7-16(15)18)11-12-8-9-13-4-1-2-5-14(13)10-12/h1-2,4-5,8-10,15-18H,3,6-7,11H2. The van der Waals surface area contributed by atoms with Gasteiger partial charge in [0.15, 0.2) is 0 Å². The van der Waals surface area contributed by atoms with Crippen molar-refractivity contribution in [2.75, 3.05) is 0 Å². The van der Waals surface area contributed by atoms with Crippen molar-refractivity contribution in [1.29, 1.82) is 0 Å². The summed E-state index contributed by atoms with van der Waals surface area (Å²) in [6, 6.07) is 15.6. The molecule has 0 amide bonds. The van der Waals surface area contributed by atoms with Crippen LogP contribution in [-0.2, 0) is 6.42 Å². The van der Waals surface area contributed by atoms with Gasteiger partial charge >= 0.3 is 0 Å². The molecule has 2 aromatic carbocycles. The zero-order valence-electron chi connectivity index (χ0n) is 11.1. The maximum atomic E-state index is 3.96. The maximum Gasteiger partial charge on any atom is 0.0219 e. The van der Waals surface area contributed by atoms with E-state index in [1.54, 1.807) is 0 Å². The second-order valence-electron chi connectivity index (χ2n) is 6.24. The number of rotatable bonds is 3. The molecule has 3 atom stereocenters. The van der Waals surface area contributed by atoms with E-state index in [0.29, 0.717) is 4.83 Å². The highest BCUT2D eigenvalue weighted by atomic mass is 79.9. The third-order valence-electron chi connectivity index (χ3n) is 5.13. The summed E-state index contributed by atoms with van der Waals surface area (Å²) in [5.41, 5.74) is 1.48. The molecule has 3 unspecified atom stereocenters. The molecule has 0 aliphatic heterocycles. The summed E-state index contributed by atoms with van der Waals surface area (Å²) < 4.78 is 0. The molecule has 4 rings (SSSR count). The van der Waals surface area contributed by atoms with E-state index in [2.05, 4.69) is 58.4 Å².